The molecule has 1 aromatic rings. The predicted molar refractivity (Wildman–Crippen MR) is 145 cm³/mol. The Kier molecular flexibility index (Phi) is 12.2. The van der Waals surface area contributed by atoms with Gasteiger partial charge in [-0.3, -0.25) is 24.0 Å². The number of nitrogens with two attached hydrogens (primary N) is 1. The van der Waals surface area contributed by atoms with Crippen molar-refractivity contribution in [3.05, 3.63) is 21.8 Å². The van der Waals surface area contributed by atoms with Gasteiger partial charge in [0.25, 0.3) is 5.91 Å². The molecule has 0 radical (unpaired) electrons. The molecule has 0 fully saturated rings. The number of halogens is 3. The van der Waals surface area contributed by atoms with Gasteiger partial charge < -0.3 is 30.0 Å². The zero-order valence-corrected chi connectivity index (χ0v) is 25.2. The highest BCUT2D eigenvalue weighted by Crippen LogP contribution is 2.34. The first-order valence-corrected chi connectivity index (χ1v) is 12.7. The molecule has 0 aliphatic carbocycles. The van der Waals surface area contributed by atoms with Crippen LogP contribution in [0.5, 0.6) is 0 Å². The highest BCUT2D eigenvalue weighted by molar-refractivity contribution is 14.1. The molecule has 0 aliphatic heterocycles. The van der Waals surface area contributed by atoms with E-state index in [0.29, 0.717) is 22.0 Å². The van der Waals surface area contributed by atoms with E-state index in [1.165, 1.54) is 6.92 Å². The maximum Gasteiger partial charge on any atom is 0.302 e. The predicted octanol–water partition coefficient (Wildman–Crippen LogP) is 2.30. The minimum absolute atomic E-state index is 0.104. The van der Waals surface area contributed by atoms with E-state index in [9.17, 15) is 24.0 Å². The van der Waals surface area contributed by atoms with Crippen LogP contribution in [0.4, 0.5) is 5.69 Å². The Labute approximate surface area is 236 Å². The molecule has 0 saturated heterocycles. The Morgan fingerprint density at radius 3 is 1.53 bits per heavy atom. The van der Waals surface area contributed by atoms with Gasteiger partial charge in [-0.05, 0) is 67.8 Å². The highest BCUT2D eigenvalue weighted by atomic mass is 127. The maximum atomic E-state index is 13.5. The standard InChI is InChI=1S/C20H23I3N2O9/c1-9(26)31-5-13-15(21)14(17(23)18(24)16(13)22)19(30)25-20(6-32-10(2)27,7-33-11(3)28)8-34-12(4)29/h5-8,24H2,1-4H3,(H,25,30). The molecular formula is C20H23I3N2O9. The molecule has 0 spiro atoms. The number of rotatable bonds is 10. The van der Waals surface area contributed by atoms with Gasteiger partial charge >= 0.3 is 23.9 Å². The molecule has 0 saturated carbocycles. The van der Waals surface area contributed by atoms with Crippen LogP contribution >= 0.6 is 67.8 Å². The molecule has 0 atom stereocenters. The van der Waals surface area contributed by atoms with Gasteiger partial charge in [0.05, 0.1) is 14.8 Å². The quantitative estimate of drug-likeness (QED) is 0.155. The summed E-state index contributed by atoms with van der Waals surface area (Å²) in [6, 6.07) is 0. The molecule has 11 nitrogen and oxygen atoms in total. The molecular weight excluding hydrogens is 793 g/mol. The summed E-state index contributed by atoms with van der Waals surface area (Å²) in [6.07, 6.45) is 0. The summed E-state index contributed by atoms with van der Waals surface area (Å²) in [5, 5.41) is 2.69. The zero-order valence-electron chi connectivity index (χ0n) is 18.7. The second-order valence-corrected chi connectivity index (χ2v) is 10.3. The molecule has 0 heterocycles. The SMILES string of the molecule is CC(=O)OCc1c(I)c(N)c(I)c(C(=O)NC(COC(C)=O)(COC(C)=O)COC(C)=O)c1I. The molecule has 0 bridgehead atoms. The van der Waals surface area contributed by atoms with Gasteiger partial charge in [0.2, 0.25) is 0 Å². The van der Waals surface area contributed by atoms with Gasteiger partial charge in [0, 0.05) is 40.4 Å². The van der Waals surface area contributed by atoms with E-state index >= 15 is 0 Å². The van der Waals surface area contributed by atoms with Crippen LogP contribution in [0.2, 0.25) is 0 Å². The van der Waals surface area contributed by atoms with Gasteiger partial charge in [-0.1, -0.05) is 0 Å². The van der Waals surface area contributed by atoms with Crippen molar-refractivity contribution >= 4 is 103 Å². The first-order valence-electron chi connectivity index (χ1n) is 9.51. The average Bonchev–Trinajstić information content (AvgIpc) is 2.72. The fourth-order valence-electron chi connectivity index (χ4n) is 2.49. The monoisotopic (exact) mass is 816 g/mol. The van der Waals surface area contributed by atoms with Crippen molar-refractivity contribution in [2.45, 2.75) is 39.8 Å². The topological polar surface area (TPSA) is 160 Å². The minimum atomic E-state index is -1.58. The lowest BCUT2D eigenvalue weighted by Crippen LogP contribution is -2.59. The zero-order chi connectivity index (χ0) is 26.2. The first kappa shape index (κ1) is 30.6. The van der Waals surface area contributed by atoms with Crippen LogP contribution in [0.3, 0.4) is 0 Å². The second kappa shape index (κ2) is 13.6. The van der Waals surface area contributed by atoms with Crippen LogP contribution < -0.4 is 11.1 Å². The Bertz CT molecular complexity index is 953. The molecule has 0 aromatic heterocycles. The van der Waals surface area contributed by atoms with E-state index in [1.54, 1.807) is 0 Å². The van der Waals surface area contributed by atoms with Crippen molar-refractivity contribution < 1.29 is 42.9 Å². The number of carbonyl (C=O) groups excluding carboxylic acids is 5. The normalized spacial score (nSPS) is 10.8. The Morgan fingerprint density at radius 2 is 1.15 bits per heavy atom. The summed E-state index contributed by atoms with van der Waals surface area (Å²) in [4.78, 5) is 59.2. The van der Waals surface area contributed by atoms with Crippen LogP contribution in [0.1, 0.15) is 43.6 Å². The van der Waals surface area contributed by atoms with Gasteiger partial charge in [-0.15, -0.1) is 0 Å². The Morgan fingerprint density at radius 1 is 0.735 bits per heavy atom. The van der Waals surface area contributed by atoms with E-state index in [4.69, 9.17) is 24.7 Å². The van der Waals surface area contributed by atoms with E-state index in [-0.39, 0.29) is 12.2 Å². The number of ether oxygens (including phenoxy) is 4. The molecule has 34 heavy (non-hydrogen) atoms. The van der Waals surface area contributed by atoms with Crippen molar-refractivity contribution in [1.82, 2.24) is 5.32 Å². The summed E-state index contributed by atoms with van der Waals surface area (Å²) in [5.41, 5.74) is 5.63. The third-order valence-electron chi connectivity index (χ3n) is 4.12. The minimum Gasteiger partial charge on any atom is -0.463 e. The number of benzene rings is 1. The first-order chi connectivity index (χ1) is 15.7. The van der Waals surface area contributed by atoms with Crippen molar-refractivity contribution in [3.63, 3.8) is 0 Å². The maximum absolute atomic E-state index is 13.5. The lowest BCUT2D eigenvalue weighted by Gasteiger charge is -2.33. The van der Waals surface area contributed by atoms with Crippen LogP contribution in [0, 0.1) is 10.7 Å². The number of hydrogen-bond acceptors (Lipinski definition) is 10. The Balaban J connectivity index is 3.52. The van der Waals surface area contributed by atoms with Gasteiger partial charge in [0.1, 0.15) is 32.0 Å². The van der Waals surface area contributed by atoms with Crippen molar-refractivity contribution in [1.29, 1.82) is 0 Å². The smallest absolute Gasteiger partial charge is 0.302 e. The summed E-state index contributed by atoms with van der Waals surface area (Å²) < 4.78 is 21.9. The molecule has 3 N–H and O–H groups in total. The number of esters is 4. The summed E-state index contributed by atoms with van der Waals surface area (Å²) >= 11 is 5.87. The van der Waals surface area contributed by atoms with E-state index in [1.807, 2.05) is 67.8 Å². The molecule has 0 aliphatic rings. The molecule has 1 rings (SSSR count). The van der Waals surface area contributed by atoms with Crippen molar-refractivity contribution in [3.8, 4) is 0 Å². The van der Waals surface area contributed by atoms with Crippen LogP contribution in [0.25, 0.3) is 0 Å². The Hall–Kier alpha value is -1.44. The number of hydrogen-bond donors (Lipinski definition) is 2. The lowest BCUT2D eigenvalue weighted by atomic mass is 10.0. The van der Waals surface area contributed by atoms with Crippen LogP contribution in [-0.4, -0.2) is 55.1 Å². The third kappa shape index (κ3) is 8.97. The van der Waals surface area contributed by atoms with Crippen LogP contribution in [0.15, 0.2) is 0 Å². The number of amides is 1. The third-order valence-corrected chi connectivity index (χ3v) is 7.67. The summed E-state index contributed by atoms with van der Waals surface area (Å²) in [7, 11) is 0. The number of nitrogens with one attached hydrogen (secondary N) is 1. The van der Waals surface area contributed by atoms with Crippen molar-refractivity contribution in [2.24, 2.45) is 0 Å². The molecule has 14 heteroatoms. The molecule has 1 amide bonds. The van der Waals surface area contributed by atoms with E-state index in [2.05, 4.69) is 5.32 Å². The van der Waals surface area contributed by atoms with Crippen molar-refractivity contribution in [2.75, 3.05) is 25.6 Å². The number of anilines is 1. The largest absolute Gasteiger partial charge is 0.463 e. The van der Waals surface area contributed by atoms with E-state index in [0.717, 1.165) is 20.8 Å². The molecule has 188 valence electrons. The van der Waals surface area contributed by atoms with Gasteiger partial charge in [-0.25, -0.2) is 0 Å². The molecule has 1 aromatic carbocycles. The molecule has 0 unspecified atom stereocenters. The number of carbonyl (C=O) groups is 5. The van der Waals surface area contributed by atoms with Gasteiger partial charge in [-0.2, -0.15) is 0 Å². The van der Waals surface area contributed by atoms with E-state index < -0.39 is 55.1 Å². The highest BCUT2D eigenvalue weighted by Gasteiger charge is 2.38. The summed E-state index contributed by atoms with van der Waals surface area (Å²) in [6.45, 7) is 3.32. The summed E-state index contributed by atoms with van der Waals surface area (Å²) in [5.74, 6) is -3.13. The fourth-order valence-corrected chi connectivity index (χ4v) is 6.46. The van der Waals surface area contributed by atoms with Gasteiger partial charge in [0.15, 0.2) is 0 Å². The second-order valence-electron chi connectivity index (χ2n) is 7.06. The lowest BCUT2D eigenvalue weighted by molar-refractivity contribution is -0.153. The average molecular weight is 816 g/mol. The number of nitrogen functional groups attached to an aromatic ring is 1. The van der Waals surface area contributed by atoms with Crippen LogP contribution in [-0.2, 0) is 44.7 Å². The fraction of sp³-hybridized carbons (Fsp3) is 0.450.